The first-order chi connectivity index (χ1) is 6.86. The van der Waals surface area contributed by atoms with Gasteiger partial charge in [-0.15, -0.1) is 0 Å². The number of benzene rings is 1. The Morgan fingerprint density at radius 1 is 1.21 bits per heavy atom. The number of likely N-dealkylation sites (tertiary alicyclic amines) is 1. The van der Waals surface area contributed by atoms with Crippen LogP contribution in [0.4, 0.5) is 0 Å². The first-order valence-electron chi connectivity index (χ1n) is 5.38. The van der Waals surface area contributed by atoms with Gasteiger partial charge in [0, 0.05) is 25.2 Å². The van der Waals surface area contributed by atoms with E-state index < -0.39 is 0 Å². The Hall–Kier alpha value is -0.860. The maximum Gasteiger partial charge on any atom is 0.0449 e. The highest BCUT2D eigenvalue weighted by molar-refractivity contribution is 5.17. The minimum atomic E-state index is 0.523. The van der Waals surface area contributed by atoms with Crippen molar-refractivity contribution in [2.75, 3.05) is 19.6 Å². The van der Waals surface area contributed by atoms with Crippen LogP contribution < -0.4 is 5.32 Å². The van der Waals surface area contributed by atoms with E-state index in [-0.39, 0.29) is 0 Å². The molecule has 74 valence electrons. The Labute approximate surface area is 84.9 Å². The number of hydrogen-bond donors (Lipinski definition) is 1. The molecule has 1 aromatic carbocycles. The summed E-state index contributed by atoms with van der Waals surface area (Å²) in [6, 6.07) is 10.7. The Bertz CT molecular complexity index is 308. The minimum Gasteiger partial charge on any atom is -0.309 e. The molecule has 1 N–H and O–H groups in total. The summed E-state index contributed by atoms with van der Waals surface area (Å²) in [6.07, 6.45) is 1.37. The summed E-state index contributed by atoms with van der Waals surface area (Å²) in [5, 5.41) is 3.53. The van der Waals surface area contributed by atoms with Crippen molar-refractivity contribution in [2.45, 2.75) is 18.5 Å². The van der Waals surface area contributed by atoms with Crippen molar-refractivity contribution in [1.29, 1.82) is 0 Å². The zero-order valence-electron chi connectivity index (χ0n) is 8.37. The van der Waals surface area contributed by atoms with Crippen LogP contribution in [0.15, 0.2) is 30.3 Å². The van der Waals surface area contributed by atoms with Crippen LogP contribution in [-0.2, 0) is 6.54 Å². The second-order valence-corrected chi connectivity index (χ2v) is 4.59. The van der Waals surface area contributed by atoms with Crippen LogP contribution in [-0.4, -0.2) is 30.1 Å². The number of rotatable bonds is 2. The van der Waals surface area contributed by atoms with Gasteiger partial charge in [0.2, 0.25) is 0 Å². The Morgan fingerprint density at radius 3 is 2.50 bits per heavy atom. The molecule has 0 saturated carbocycles. The molecule has 0 amide bonds. The summed E-state index contributed by atoms with van der Waals surface area (Å²) in [7, 11) is 0. The fraction of sp³-hybridized carbons (Fsp3) is 0.500. The van der Waals surface area contributed by atoms with E-state index >= 15 is 0 Å². The lowest BCUT2D eigenvalue weighted by Crippen LogP contribution is -2.75. The highest BCUT2D eigenvalue weighted by Gasteiger charge is 2.46. The molecular weight excluding hydrogens is 172 g/mol. The van der Waals surface area contributed by atoms with E-state index in [0.717, 1.165) is 6.54 Å². The molecule has 2 aliphatic rings. The maximum atomic E-state index is 3.53. The van der Waals surface area contributed by atoms with Gasteiger partial charge >= 0.3 is 0 Å². The van der Waals surface area contributed by atoms with E-state index in [1.165, 1.54) is 31.6 Å². The summed E-state index contributed by atoms with van der Waals surface area (Å²) in [5.74, 6) is 0. The molecule has 3 rings (SSSR count). The summed E-state index contributed by atoms with van der Waals surface area (Å²) >= 11 is 0. The third-order valence-corrected chi connectivity index (χ3v) is 3.41. The monoisotopic (exact) mass is 188 g/mol. The van der Waals surface area contributed by atoms with E-state index in [4.69, 9.17) is 0 Å². The topological polar surface area (TPSA) is 15.3 Å². The summed E-state index contributed by atoms with van der Waals surface area (Å²) in [6.45, 7) is 4.81. The van der Waals surface area contributed by atoms with Crippen LogP contribution >= 0.6 is 0 Å². The van der Waals surface area contributed by atoms with Gasteiger partial charge in [0.25, 0.3) is 0 Å². The van der Waals surface area contributed by atoms with Crippen LogP contribution in [0.5, 0.6) is 0 Å². The molecule has 0 aromatic heterocycles. The van der Waals surface area contributed by atoms with E-state index in [9.17, 15) is 0 Å². The van der Waals surface area contributed by atoms with Crippen LogP contribution in [0.25, 0.3) is 0 Å². The lowest BCUT2D eigenvalue weighted by atomic mass is 9.80. The average molecular weight is 188 g/mol. The van der Waals surface area contributed by atoms with Gasteiger partial charge < -0.3 is 5.32 Å². The molecule has 2 heterocycles. The van der Waals surface area contributed by atoms with E-state index in [1.54, 1.807) is 0 Å². The van der Waals surface area contributed by atoms with Crippen LogP contribution in [0, 0.1) is 0 Å². The first-order valence-corrected chi connectivity index (χ1v) is 5.38. The second-order valence-electron chi connectivity index (χ2n) is 4.59. The Balaban J connectivity index is 1.56. The van der Waals surface area contributed by atoms with Gasteiger partial charge in [0.15, 0.2) is 0 Å². The predicted molar refractivity (Wildman–Crippen MR) is 57.1 cm³/mol. The molecule has 1 spiro atoms. The van der Waals surface area contributed by atoms with E-state index in [0.29, 0.717) is 5.54 Å². The molecule has 0 bridgehead atoms. The fourth-order valence-corrected chi connectivity index (χ4v) is 2.51. The summed E-state index contributed by atoms with van der Waals surface area (Å²) < 4.78 is 0. The molecule has 2 aliphatic heterocycles. The summed E-state index contributed by atoms with van der Waals surface area (Å²) in [4.78, 5) is 2.52. The Morgan fingerprint density at radius 2 is 1.93 bits per heavy atom. The third-order valence-electron chi connectivity index (χ3n) is 3.41. The van der Waals surface area contributed by atoms with Crippen LogP contribution in [0.2, 0.25) is 0 Å². The van der Waals surface area contributed by atoms with Gasteiger partial charge in [-0.05, 0) is 18.5 Å². The number of nitrogens with one attached hydrogen (secondary N) is 1. The van der Waals surface area contributed by atoms with Gasteiger partial charge in [0.1, 0.15) is 0 Å². The molecule has 0 radical (unpaired) electrons. The van der Waals surface area contributed by atoms with Crippen molar-refractivity contribution in [3.63, 3.8) is 0 Å². The molecule has 14 heavy (non-hydrogen) atoms. The first kappa shape index (κ1) is 8.45. The van der Waals surface area contributed by atoms with Crippen molar-refractivity contribution < 1.29 is 0 Å². The molecule has 0 atom stereocenters. The Kier molecular flexibility index (Phi) is 1.85. The zero-order valence-corrected chi connectivity index (χ0v) is 8.37. The van der Waals surface area contributed by atoms with Crippen molar-refractivity contribution >= 4 is 0 Å². The molecular formula is C12H16N2. The van der Waals surface area contributed by atoms with Gasteiger partial charge in [-0.25, -0.2) is 0 Å². The normalized spacial score (nSPS) is 24.3. The predicted octanol–water partition coefficient (Wildman–Crippen LogP) is 1.23. The molecule has 0 aliphatic carbocycles. The molecule has 0 unspecified atom stereocenters. The van der Waals surface area contributed by atoms with Crippen molar-refractivity contribution in [1.82, 2.24) is 10.2 Å². The molecule has 2 heteroatoms. The lowest BCUT2D eigenvalue weighted by molar-refractivity contribution is -0.0108. The lowest BCUT2D eigenvalue weighted by Gasteiger charge is -2.56. The van der Waals surface area contributed by atoms with Crippen molar-refractivity contribution in [3.8, 4) is 0 Å². The van der Waals surface area contributed by atoms with Gasteiger partial charge in [-0.1, -0.05) is 30.3 Å². The fourth-order valence-electron chi connectivity index (χ4n) is 2.51. The van der Waals surface area contributed by atoms with E-state index in [2.05, 4.69) is 40.5 Å². The van der Waals surface area contributed by atoms with Crippen molar-refractivity contribution in [2.24, 2.45) is 0 Å². The highest BCUT2D eigenvalue weighted by atomic mass is 15.3. The molecule has 2 nitrogen and oxygen atoms in total. The molecule has 1 aromatic rings. The van der Waals surface area contributed by atoms with Crippen molar-refractivity contribution in [3.05, 3.63) is 35.9 Å². The zero-order chi connectivity index (χ0) is 9.43. The van der Waals surface area contributed by atoms with Gasteiger partial charge in [-0.3, -0.25) is 4.90 Å². The SMILES string of the molecule is c1ccc(CN2CC3(CCN3)C2)cc1. The van der Waals surface area contributed by atoms with Crippen LogP contribution in [0.1, 0.15) is 12.0 Å². The minimum absolute atomic E-state index is 0.523. The largest absolute Gasteiger partial charge is 0.309 e. The number of nitrogens with zero attached hydrogens (tertiary/aromatic N) is 1. The third kappa shape index (κ3) is 1.35. The maximum absolute atomic E-state index is 3.53. The quantitative estimate of drug-likeness (QED) is 0.751. The highest BCUT2D eigenvalue weighted by Crippen LogP contribution is 2.30. The average Bonchev–Trinajstić information content (AvgIpc) is 2.09. The van der Waals surface area contributed by atoms with Gasteiger partial charge in [-0.2, -0.15) is 0 Å². The van der Waals surface area contributed by atoms with Crippen LogP contribution in [0.3, 0.4) is 0 Å². The second kappa shape index (κ2) is 3.07. The molecule has 2 fully saturated rings. The summed E-state index contributed by atoms with van der Waals surface area (Å²) in [5.41, 5.74) is 1.95. The smallest absolute Gasteiger partial charge is 0.0449 e. The number of hydrogen-bond acceptors (Lipinski definition) is 2. The van der Waals surface area contributed by atoms with Gasteiger partial charge in [0.05, 0.1) is 0 Å². The van der Waals surface area contributed by atoms with E-state index in [1.807, 2.05) is 0 Å². The standard InChI is InChI=1S/C12H16N2/c1-2-4-11(5-3-1)8-14-9-12(10-14)6-7-13-12/h1-5,13H,6-10H2. The molecule has 2 saturated heterocycles.